The Balaban J connectivity index is 2.52. The first-order chi connectivity index (χ1) is 8.45. The Hall–Kier alpha value is -1.40. The van der Waals surface area contributed by atoms with E-state index in [4.69, 9.17) is 5.73 Å². The summed E-state index contributed by atoms with van der Waals surface area (Å²) in [6.07, 6.45) is 0.288. The van der Waals surface area contributed by atoms with Crippen molar-refractivity contribution in [1.82, 2.24) is 5.32 Å². The van der Waals surface area contributed by atoms with Gasteiger partial charge in [-0.3, -0.25) is 9.59 Å². The highest BCUT2D eigenvalue weighted by atomic mass is 32.1. The number of rotatable bonds is 6. The summed E-state index contributed by atoms with van der Waals surface area (Å²) in [5.74, 6) is -0.713. The molecule has 1 aromatic rings. The van der Waals surface area contributed by atoms with Crippen LogP contribution in [0.3, 0.4) is 0 Å². The van der Waals surface area contributed by atoms with E-state index in [0.29, 0.717) is 10.4 Å². The van der Waals surface area contributed by atoms with Gasteiger partial charge in [0.25, 0.3) is 5.91 Å². The molecule has 1 aromatic heterocycles. The number of amides is 2. The Bertz CT molecular complexity index is 431. The lowest BCUT2D eigenvalue weighted by Gasteiger charge is -2.17. The molecule has 100 valence electrons. The van der Waals surface area contributed by atoms with Crippen LogP contribution in [0.5, 0.6) is 0 Å². The highest BCUT2D eigenvalue weighted by Crippen LogP contribution is 2.14. The van der Waals surface area contributed by atoms with E-state index in [1.165, 1.54) is 6.07 Å². The molecular weight excluding hydrogens is 252 g/mol. The van der Waals surface area contributed by atoms with Gasteiger partial charge in [0, 0.05) is 11.9 Å². The molecule has 0 saturated carbocycles. The SMILES string of the molecule is CCC(C)C(O)CNC(=O)c1cc(C(N)=O)cs1. The van der Waals surface area contributed by atoms with Crippen molar-refractivity contribution in [2.24, 2.45) is 11.7 Å². The zero-order valence-electron chi connectivity index (χ0n) is 10.5. The number of aliphatic hydroxyl groups excluding tert-OH is 1. The van der Waals surface area contributed by atoms with E-state index in [1.807, 2.05) is 13.8 Å². The van der Waals surface area contributed by atoms with E-state index in [-0.39, 0.29) is 18.4 Å². The van der Waals surface area contributed by atoms with Crippen molar-refractivity contribution < 1.29 is 14.7 Å². The Morgan fingerprint density at radius 2 is 2.22 bits per heavy atom. The predicted octanol–water partition coefficient (Wildman–Crippen LogP) is 0.984. The van der Waals surface area contributed by atoms with Crippen molar-refractivity contribution in [2.45, 2.75) is 26.4 Å². The molecule has 1 rings (SSSR count). The van der Waals surface area contributed by atoms with Crippen LogP contribution in [0, 0.1) is 5.92 Å². The lowest BCUT2D eigenvalue weighted by atomic mass is 10.0. The van der Waals surface area contributed by atoms with Crippen molar-refractivity contribution in [3.8, 4) is 0 Å². The molecule has 0 aliphatic carbocycles. The molecule has 18 heavy (non-hydrogen) atoms. The standard InChI is InChI=1S/C12H18N2O3S/c1-3-7(2)9(15)5-14-12(17)10-4-8(6-18-10)11(13)16/h4,6-7,9,15H,3,5H2,1-2H3,(H2,13,16)(H,14,17). The lowest BCUT2D eigenvalue weighted by Crippen LogP contribution is -2.35. The number of hydrogen-bond acceptors (Lipinski definition) is 4. The van der Waals surface area contributed by atoms with Crippen LogP contribution in [0.4, 0.5) is 0 Å². The van der Waals surface area contributed by atoms with Crippen LogP contribution in [-0.4, -0.2) is 29.6 Å². The topological polar surface area (TPSA) is 92.4 Å². The summed E-state index contributed by atoms with van der Waals surface area (Å²) in [4.78, 5) is 23.0. The fourth-order valence-electron chi connectivity index (χ4n) is 1.34. The van der Waals surface area contributed by atoms with Gasteiger partial charge < -0.3 is 16.2 Å². The third kappa shape index (κ3) is 3.82. The number of primary amides is 1. The molecule has 0 aromatic carbocycles. The maximum atomic E-state index is 11.7. The van der Waals surface area contributed by atoms with E-state index in [2.05, 4.69) is 5.32 Å². The molecule has 4 N–H and O–H groups in total. The first-order valence-corrected chi connectivity index (χ1v) is 6.68. The van der Waals surface area contributed by atoms with Gasteiger partial charge in [-0.25, -0.2) is 0 Å². The van der Waals surface area contributed by atoms with E-state index in [1.54, 1.807) is 5.38 Å². The molecule has 1 heterocycles. The zero-order chi connectivity index (χ0) is 13.7. The molecular formula is C12H18N2O3S. The summed E-state index contributed by atoms with van der Waals surface area (Å²) in [5.41, 5.74) is 5.43. The van der Waals surface area contributed by atoms with Gasteiger partial charge in [-0.2, -0.15) is 0 Å². The number of carbonyl (C=O) groups excluding carboxylic acids is 2. The van der Waals surface area contributed by atoms with E-state index >= 15 is 0 Å². The van der Waals surface area contributed by atoms with Gasteiger partial charge in [0.2, 0.25) is 5.91 Å². The van der Waals surface area contributed by atoms with Crippen molar-refractivity contribution in [2.75, 3.05) is 6.54 Å². The van der Waals surface area contributed by atoms with Crippen LogP contribution in [0.2, 0.25) is 0 Å². The number of hydrogen-bond donors (Lipinski definition) is 3. The molecule has 2 unspecified atom stereocenters. The van der Waals surface area contributed by atoms with Crippen molar-refractivity contribution in [1.29, 1.82) is 0 Å². The fourth-order valence-corrected chi connectivity index (χ4v) is 2.15. The number of nitrogens with two attached hydrogens (primary N) is 1. The molecule has 0 aliphatic rings. The monoisotopic (exact) mass is 270 g/mol. The zero-order valence-corrected chi connectivity index (χ0v) is 11.3. The maximum Gasteiger partial charge on any atom is 0.261 e. The van der Waals surface area contributed by atoms with Crippen LogP contribution in [-0.2, 0) is 0 Å². The Morgan fingerprint density at radius 3 is 2.72 bits per heavy atom. The van der Waals surface area contributed by atoms with Crippen LogP contribution in [0.25, 0.3) is 0 Å². The smallest absolute Gasteiger partial charge is 0.261 e. The minimum atomic E-state index is -0.561. The third-order valence-electron chi connectivity index (χ3n) is 2.88. The van der Waals surface area contributed by atoms with Gasteiger partial charge in [0.15, 0.2) is 0 Å². The molecule has 2 atom stereocenters. The number of carbonyl (C=O) groups is 2. The van der Waals surface area contributed by atoms with Crippen LogP contribution in [0.15, 0.2) is 11.4 Å². The Labute approximate surface area is 110 Å². The molecule has 0 saturated heterocycles. The first kappa shape index (κ1) is 14.7. The molecule has 0 bridgehead atoms. The van der Waals surface area contributed by atoms with Gasteiger partial charge in [0.05, 0.1) is 16.5 Å². The second-order valence-electron chi connectivity index (χ2n) is 4.23. The Morgan fingerprint density at radius 1 is 1.56 bits per heavy atom. The maximum absolute atomic E-state index is 11.7. The predicted molar refractivity (Wildman–Crippen MR) is 70.6 cm³/mol. The number of thiophene rings is 1. The molecule has 0 radical (unpaired) electrons. The van der Waals surface area contributed by atoms with E-state index in [9.17, 15) is 14.7 Å². The van der Waals surface area contributed by atoms with Crippen molar-refractivity contribution in [3.63, 3.8) is 0 Å². The first-order valence-electron chi connectivity index (χ1n) is 5.80. The summed E-state index contributed by atoms with van der Waals surface area (Å²) in [5, 5.41) is 13.9. The average molecular weight is 270 g/mol. The molecule has 0 aliphatic heterocycles. The third-order valence-corrected chi connectivity index (χ3v) is 3.81. The summed E-state index contributed by atoms with van der Waals surface area (Å²) >= 11 is 1.16. The average Bonchev–Trinajstić information content (AvgIpc) is 2.84. The fraction of sp³-hybridized carbons (Fsp3) is 0.500. The van der Waals surface area contributed by atoms with Gasteiger partial charge in [0.1, 0.15) is 0 Å². The van der Waals surface area contributed by atoms with Crippen LogP contribution in [0.1, 0.15) is 40.3 Å². The number of aliphatic hydroxyl groups is 1. The van der Waals surface area contributed by atoms with Crippen molar-refractivity contribution >= 4 is 23.2 Å². The second-order valence-corrected chi connectivity index (χ2v) is 5.14. The summed E-state index contributed by atoms with van der Waals surface area (Å²) in [6, 6.07) is 1.46. The summed E-state index contributed by atoms with van der Waals surface area (Å²) in [6.45, 7) is 4.11. The van der Waals surface area contributed by atoms with E-state index in [0.717, 1.165) is 17.8 Å². The van der Waals surface area contributed by atoms with Gasteiger partial charge in [-0.05, 0) is 12.0 Å². The van der Waals surface area contributed by atoms with E-state index < -0.39 is 12.0 Å². The largest absolute Gasteiger partial charge is 0.391 e. The molecule has 5 nitrogen and oxygen atoms in total. The number of nitrogens with one attached hydrogen (secondary N) is 1. The summed E-state index contributed by atoms with van der Waals surface area (Å²) < 4.78 is 0. The van der Waals surface area contributed by atoms with Gasteiger partial charge >= 0.3 is 0 Å². The minimum absolute atomic E-state index is 0.134. The highest BCUT2D eigenvalue weighted by molar-refractivity contribution is 7.12. The lowest BCUT2D eigenvalue weighted by molar-refractivity contribution is 0.0853. The second kappa shape index (κ2) is 6.51. The molecule has 2 amide bonds. The van der Waals surface area contributed by atoms with Crippen LogP contribution < -0.4 is 11.1 Å². The molecule has 0 spiro atoms. The minimum Gasteiger partial charge on any atom is -0.391 e. The van der Waals surface area contributed by atoms with Gasteiger partial charge in [-0.1, -0.05) is 20.3 Å². The highest BCUT2D eigenvalue weighted by Gasteiger charge is 2.15. The van der Waals surface area contributed by atoms with Crippen LogP contribution >= 0.6 is 11.3 Å². The normalized spacial score (nSPS) is 13.9. The Kier molecular flexibility index (Phi) is 5.30. The van der Waals surface area contributed by atoms with Gasteiger partial charge in [-0.15, -0.1) is 11.3 Å². The quantitative estimate of drug-likeness (QED) is 0.719. The summed E-state index contributed by atoms with van der Waals surface area (Å²) in [7, 11) is 0. The van der Waals surface area contributed by atoms with Crippen molar-refractivity contribution in [3.05, 3.63) is 21.9 Å². The molecule has 0 fully saturated rings. The molecule has 6 heteroatoms.